The minimum absolute atomic E-state index is 0.494. The summed E-state index contributed by atoms with van der Waals surface area (Å²) < 4.78 is 1.60. The van der Waals surface area contributed by atoms with Gasteiger partial charge in [-0.25, -0.2) is 4.68 Å². The number of benzene rings is 1. The standard InChI is InChI=1S/C15H16Cl2N4O2/c1-15(14(22)23)4-5-20(9-15)7-11-8-21(19-18-11)13-3-2-10(16)6-12(13)17/h2-3,6,8H,4-5,7,9H2,1H3,(H,22,23). The zero-order valence-corrected chi connectivity index (χ0v) is 14.0. The molecule has 1 aromatic carbocycles. The molecule has 0 saturated carbocycles. The lowest BCUT2D eigenvalue weighted by molar-refractivity contribution is -0.147. The predicted octanol–water partition coefficient (Wildman–Crippen LogP) is 2.87. The van der Waals surface area contributed by atoms with Gasteiger partial charge in [0.2, 0.25) is 0 Å². The molecule has 0 amide bonds. The highest BCUT2D eigenvalue weighted by atomic mass is 35.5. The van der Waals surface area contributed by atoms with E-state index in [4.69, 9.17) is 23.2 Å². The number of aliphatic carboxylic acids is 1. The summed E-state index contributed by atoms with van der Waals surface area (Å²) in [7, 11) is 0. The van der Waals surface area contributed by atoms with Crippen LogP contribution in [0, 0.1) is 5.41 Å². The van der Waals surface area contributed by atoms with E-state index in [-0.39, 0.29) is 0 Å². The lowest BCUT2D eigenvalue weighted by Gasteiger charge is -2.19. The van der Waals surface area contributed by atoms with Crippen molar-refractivity contribution in [2.45, 2.75) is 19.9 Å². The fourth-order valence-electron chi connectivity index (χ4n) is 2.75. The molecule has 0 bridgehead atoms. The van der Waals surface area contributed by atoms with Crippen molar-refractivity contribution >= 4 is 29.2 Å². The van der Waals surface area contributed by atoms with E-state index in [1.807, 2.05) is 0 Å². The van der Waals surface area contributed by atoms with Crippen LogP contribution in [0.1, 0.15) is 19.0 Å². The first-order chi connectivity index (χ1) is 10.9. The first kappa shape index (κ1) is 16.2. The number of nitrogens with zero attached hydrogens (tertiary/aromatic N) is 4. The molecule has 2 heterocycles. The molecular weight excluding hydrogens is 339 g/mol. The first-order valence-corrected chi connectivity index (χ1v) is 7.95. The highest BCUT2D eigenvalue weighted by molar-refractivity contribution is 6.35. The van der Waals surface area contributed by atoms with Crippen molar-refractivity contribution in [3.05, 3.63) is 40.1 Å². The van der Waals surface area contributed by atoms with Gasteiger partial charge in [0.1, 0.15) is 0 Å². The third-order valence-corrected chi connectivity index (χ3v) is 4.69. The second-order valence-electron chi connectivity index (χ2n) is 6.08. The monoisotopic (exact) mass is 354 g/mol. The van der Waals surface area contributed by atoms with Crippen molar-refractivity contribution in [3.63, 3.8) is 0 Å². The summed E-state index contributed by atoms with van der Waals surface area (Å²) in [6, 6.07) is 5.17. The molecule has 6 nitrogen and oxygen atoms in total. The molecular formula is C15H16Cl2N4O2. The van der Waals surface area contributed by atoms with Gasteiger partial charge in [-0.15, -0.1) is 5.10 Å². The Morgan fingerprint density at radius 3 is 2.87 bits per heavy atom. The van der Waals surface area contributed by atoms with Crippen LogP contribution in [0.3, 0.4) is 0 Å². The lowest BCUT2D eigenvalue weighted by atomic mass is 9.90. The van der Waals surface area contributed by atoms with Crippen molar-refractivity contribution in [1.29, 1.82) is 0 Å². The first-order valence-electron chi connectivity index (χ1n) is 7.20. The normalized spacial score (nSPS) is 21.7. The number of carboxylic acids is 1. The van der Waals surface area contributed by atoms with Crippen molar-refractivity contribution in [1.82, 2.24) is 19.9 Å². The molecule has 2 aromatic rings. The molecule has 1 aliphatic rings. The zero-order valence-electron chi connectivity index (χ0n) is 12.5. The van der Waals surface area contributed by atoms with E-state index < -0.39 is 11.4 Å². The fourth-order valence-corrected chi connectivity index (χ4v) is 3.25. The number of hydrogen-bond acceptors (Lipinski definition) is 4. The van der Waals surface area contributed by atoms with Crippen LogP contribution < -0.4 is 0 Å². The third kappa shape index (κ3) is 3.34. The Labute approximate surface area is 143 Å². The largest absolute Gasteiger partial charge is 0.481 e. The number of carbonyl (C=O) groups is 1. The molecule has 1 N–H and O–H groups in total. The molecule has 0 radical (unpaired) electrons. The molecule has 1 atom stereocenters. The Morgan fingerprint density at radius 1 is 1.43 bits per heavy atom. The van der Waals surface area contributed by atoms with E-state index in [1.165, 1.54) is 0 Å². The van der Waals surface area contributed by atoms with Crippen LogP contribution in [-0.2, 0) is 11.3 Å². The Balaban J connectivity index is 1.72. The minimum Gasteiger partial charge on any atom is -0.481 e. The Hall–Kier alpha value is -1.63. The molecule has 1 fully saturated rings. The zero-order chi connectivity index (χ0) is 16.6. The molecule has 1 aliphatic heterocycles. The molecule has 1 unspecified atom stereocenters. The van der Waals surface area contributed by atoms with Crippen LogP contribution in [0.5, 0.6) is 0 Å². The van der Waals surface area contributed by atoms with Crippen molar-refractivity contribution in [3.8, 4) is 5.69 Å². The molecule has 0 aliphatic carbocycles. The molecule has 8 heteroatoms. The average molecular weight is 355 g/mol. The van der Waals surface area contributed by atoms with E-state index in [2.05, 4.69) is 15.2 Å². The highest BCUT2D eigenvalue weighted by Gasteiger charge is 2.40. The summed E-state index contributed by atoms with van der Waals surface area (Å²) >= 11 is 12.1. The Bertz CT molecular complexity index is 749. The summed E-state index contributed by atoms with van der Waals surface area (Å²) in [5.41, 5.74) is 0.785. The summed E-state index contributed by atoms with van der Waals surface area (Å²) in [6.07, 6.45) is 2.44. The second kappa shape index (κ2) is 6.11. The van der Waals surface area contributed by atoms with Crippen LogP contribution in [0.25, 0.3) is 5.69 Å². The van der Waals surface area contributed by atoms with E-state index in [0.29, 0.717) is 35.2 Å². The van der Waals surface area contributed by atoms with Crippen LogP contribution in [0.2, 0.25) is 10.0 Å². The Morgan fingerprint density at radius 2 is 2.22 bits per heavy atom. The molecule has 3 rings (SSSR count). The number of likely N-dealkylation sites (tertiary alicyclic amines) is 1. The average Bonchev–Trinajstić information content (AvgIpc) is 3.07. The second-order valence-corrected chi connectivity index (χ2v) is 6.92. The Kier molecular flexibility index (Phi) is 4.31. The van der Waals surface area contributed by atoms with Gasteiger partial charge in [0, 0.05) is 18.1 Å². The van der Waals surface area contributed by atoms with E-state index in [1.54, 1.807) is 36.0 Å². The van der Waals surface area contributed by atoms with Gasteiger partial charge in [-0.3, -0.25) is 9.69 Å². The maximum Gasteiger partial charge on any atom is 0.310 e. The fraction of sp³-hybridized carbons (Fsp3) is 0.400. The lowest BCUT2D eigenvalue weighted by Crippen LogP contribution is -2.31. The van der Waals surface area contributed by atoms with Gasteiger partial charge in [-0.2, -0.15) is 0 Å². The summed E-state index contributed by atoms with van der Waals surface area (Å²) in [6.45, 7) is 3.59. The van der Waals surface area contributed by atoms with Gasteiger partial charge in [-0.05, 0) is 38.1 Å². The summed E-state index contributed by atoms with van der Waals surface area (Å²) in [5, 5.41) is 18.6. The smallest absolute Gasteiger partial charge is 0.310 e. The predicted molar refractivity (Wildman–Crippen MR) is 87.0 cm³/mol. The van der Waals surface area contributed by atoms with Gasteiger partial charge in [-0.1, -0.05) is 28.4 Å². The molecule has 1 saturated heterocycles. The van der Waals surface area contributed by atoms with Crippen LogP contribution >= 0.6 is 23.2 Å². The van der Waals surface area contributed by atoms with Crippen LogP contribution in [0.4, 0.5) is 0 Å². The van der Waals surface area contributed by atoms with Crippen molar-refractivity contribution in [2.24, 2.45) is 5.41 Å². The van der Waals surface area contributed by atoms with Gasteiger partial charge in [0.15, 0.2) is 0 Å². The number of carboxylic acid groups (broad SMARTS) is 1. The summed E-state index contributed by atoms with van der Waals surface area (Å²) in [5.74, 6) is -0.753. The minimum atomic E-state index is -0.753. The quantitative estimate of drug-likeness (QED) is 0.913. The van der Waals surface area contributed by atoms with Gasteiger partial charge < -0.3 is 5.11 Å². The van der Waals surface area contributed by atoms with Crippen molar-refractivity contribution < 1.29 is 9.90 Å². The molecule has 23 heavy (non-hydrogen) atoms. The maximum atomic E-state index is 11.3. The van der Waals surface area contributed by atoms with Gasteiger partial charge >= 0.3 is 5.97 Å². The van der Waals surface area contributed by atoms with E-state index >= 15 is 0 Å². The number of hydrogen-bond donors (Lipinski definition) is 1. The van der Waals surface area contributed by atoms with E-state index in [0.717, 1.165) is 12.2 Å². The van der Waals surface area contributed by atoms with Crippen LogP contribution in [-0.4, -0.2) is 44.1 Å². The molecule has 122 valence electrons. The van der Waals surface area contributed by atoms with E-state index in [9.17, 15) is 9.90 Å². The highest BCUT2D eigenvalue weighted by Crippen LogP contribution is 2.31. The molecule has 0 spiro atoms. The third-order valence-electron chi connectivity index (χ3n) is 4.15. The SMILES string of the molecule is CC1(C(=O)O)CCN(Cc2cn(-c3ccc(Cl)cc3Cl)nn2)C1. The topological polar surface area (TPSA) is 71.2 Å². The van der Waals surface area contributed by atoms with Crippen molar-refractivity contribution in [2.75, 3.05) is 13.1 Å². The van der Waals surface area contributed by atoms with Gasteiger partial charge in [0.25, 0.3) is 0 Å². The number of halogens is 2. The number of rotatable bonds is 4. The molecule has 1 aromatic heterocycles. The van der Waals surface area contributed by atoms with Crippen LogP contribution in [0.15, 0.2) is 24.4 Å². The maximum absolute atomic E-state index is 11.3. The summed E-state index contributed by atoms with van der Waals surface area (Å²) in [4.78, 5) is 13.4. The number of aromatic nitrogens is 3. The van der Waals surface area contributed by atoms with Gasteiger partial charge in [0.05, 0.1) is 28.0 Å².